The van der Waals surface area contributed by atoms with E-state index in [4.69, 9.17) is 9.47 Å². The maximum absolute atomic E-state index is 13.0. The first-order valence-corrected chi connectivity index (χ1v) is 9.94. The molecule has 0 bridgehead atoms. The summed E-state index contributed by atoms with van der Waals surface area (Å²) in [5.41, 5.74) is 1.65. The van der Waals surface area contributed by atoms with Crippen molar-refractivity contribution in [2.24, 2.45) is 0 Å². The molecule has 32 heavy (non-hydrogen) atoms. The molecule has 0 heterocycles. The van der Waals surface area contributed by atoms with Crippen LogP contribution in [0.2, 0.25) is 0 Å². The van der Waals surface area contributed by atoms with Crippen LogP contribution in [0.5, 0.6) is 5.75 Å². The zero-order valence-electron chi connectivity index (χ0n) is 17.5. The summed E-state index contributed by atoms with van der Waals surface area (Å²) in [4.78, 5) is 37.0. The fraction of sp³-hybridized carbons (Fsp3) is 0.160. The Balaban J connectivity index is 1.56. The number of esters is 1. The van der Waals surface area contributed by atoms with E-state index in [2.05, 4.69) is 5.32 Å². The molecule has 3 rings (SSSR count). The number of carbonyl (C=O) groups is 3. The van der Waals surface area contributed by atoms with Crippen LogP contribution in [0.15, 0.2) is 72.8 Å². The van der Waals surface area contributed by atoms with E-state index in [-0.39, 0.29) is 23.5 Å². The van der Waals surface area contributed by atoms with E-state index >= 15 is 0 Å². The number of Topliss-reactive ketones (excluding diaryl/α,β-unsaturated/α-hetero) is 1. The summed E-state index contributed by atoms with van der Waals surface area (Å²) in [5.74, 6) is -1.19. The lowest BCUT2D eigenvalue weighted by Crippen LogP contribution is -2.18. The quantitative estimate of drug-likeness (QED) is 0.397. The molecule has 0 aliphatic rings. The first-order valence-electron chi connectivity index (χ1n) is 9.94. The average Bonchev–Trinajstić information content (AvgIpc) is 2.82. The van der Waals surface area contributed by atoms with Gasteiger partial charge in [0.1, 0.15) is 11.6 Å². The molecule has 0 fully saturated rings. The van der Waals surface area contributed by atoms with Gasteiger partial charge in [0, 0.05) is 12.0 Å². The van der Waals surface area contributed by atoms with Gasteiger partial charge in [-0.1, -0.05) is 24.3 Å². The summed E-state index contributed by atoms with van der Waals surface area (Å²) in [6.45, 7) is -0.496. The number of ketones is 1. The van der Waals surface area contributed by atoms with Crippen LogP contribution in [0.3, 0.4) is 0 Å². The Morgan fingerprint density at radius 3 is 2.28 bits per heavy atom. The zero-order valence-corrected chi connectivity index (χ0v) is 17.5. The van der Waals surface area contributed by atoms with Gasteiger partial charge in [0.25, 0.3) is 0 Å². The van der Waals surface area contributed by atoms with Crippen LogP contribution < -0.4 is 10.1 Å². The molecule has 3 aromatic carbocycles. The number of carbonyl (C=O) groups excluding carboxylic acids is 3. The van der Waals surface area contributed by atoms with E-state index in [9.17, 15) is 18.8 Å². The third kappa shape index (κ3) is 6.25. The lowest BCUT2D eigenvalue weighted by atomic mass is 10.1. The van der Waals surface area contributed by atoms with E-state index in [0.717, 1.165) is 23.4 Å². The molecule has 7 heteroatoms. The van der Waals surface area contributed by atoms with Gasteiger partial charge in [-0.05, 0) is 60.5 Å². The molecule has 1 N–H and O–H groups in total. The summed E-state index contributed by atoms with van der Waals surface area (Å²) in [6, 6.07) is 18.8. The molecule has 0 atom stereocenters. The van der Waals surface area contributed by atoms with Gasteiger partial charge in [0.2, 0.25) is 5.91 Å². The number of hydrogen-bond donors (Lipinski definition) is 1. The van der Waals surface area contributed by atoms with Crippen LogP contribution in [-0.4, -0.2) is 31.4 Å². The van der Waals surface area contributed by atoms with Gasteiger partial charge in [-0.15, -0.1) is 0 Å². The van der Waals surface area contributed by atoms with Gasteiger partial charge in [0.15, 0.2) is 12.4 Å². The molecule has 164 valence electrons. The minimum absolute atomic E-state index is 0.136. The molecular formula is C25H22FNO5. The SMILES string of the molecule is COc1ccc(CCC(=O)Nc2ccccc2C(=O)OCC(=O)c2ccc(F)cc2)cc1. The van der Waals surface area contributed by atoms with Gasteiger partial charge in [0.05, 0.1) is 18.4 Å². The average molecular weight is 435 g/mol. The number of hydrogen-bond acceptors (Lipinski definition) is 5. The molecule has 3 aromatic rings. The number of ether oxygens (including phenoxy) is 2. The van der Waals surface area contributed by atoms with Crippen molar-refractivity contribution in [2.45, 2.75) is 12.8 Å². The van der Waals surface area contributed by atoms with E-state index in [0.29, 0.717) is 12.1 Å². The van der Waals surface area contributed by atoms with Crippen molar-refractivity contribution in [1.82, 2.24) is 0 Å². The molecule has 1 amide bonds. The van der Waals surface area contributed by atoms with Crippen LogP contribution >= 0.6 is 0 Å². The molecule has 0 unspecified atom stereocenters. The topological polar surface area (TPSA) is 81.7 Å². The van der Waals surface area contributed by atoms with Gasteiger partial charge >= 0.3 is 5.97 Å². The summed E-state index contributed by atoms with van der Waals surface area (Å²) in [5, 5.41) is 2.72. The van der Waals surface area contributed by atoms with Gasteiger partial charge in [-0.25, -0.2) is 9.18 Å². The van der Waals surface area contributed by atoms with Crippen LogP contribution in [0, 0.1) is 5.82 Å². The number of rotatable bonds is 9. The molecule has 0 saturated heterocycles. The monoisotopic (exact) mass is 435 g/mol. The maximum Gasteiger partial charge on any atom is 0.340 e. The highest BCUT2D eigenvalue weighted by Crippen LogP contribution is 2.18. The second kappa shape index (κ2) is 10.9. The maximum atomic E-state index is 13.0. The Morgan fingerprint density at radius 1 is 0.906 bits per heavy atom. The molecule has 0 aromatic heterocycles. The van der Waals surface area contributed by atoms with E-state index < -0.39 is 24.2 Å². The van der Waals surface area contributed by atoms with Crippen molar-refractivity contribution < 1.29 is 28.2 Å². The summed E-state index contributed by atoms with van der Waals surface area (Å²) >= 11 is 0. The number of amides is 1. The van der Waals surface area contributed by atoms with Crippen LogP contribution in [0.25, 0.3) is 0 Å². The van der Waals surface area contributed by atoms with Crippen molar-refractivity contribution >= 4 is 23.3 Å². The first kappa shape index (κ1) is 22.7. The number of methoxy groups -OCH3 is 1. The van der Waals surface area contributed by atoms with Crippen molar-refractivity contribution in [3.8, 4) is 5.75 Å². The van der Waals surface area contributed by atoms with Gasteiger partial charge < -0.3 is 14.8 Å². The Bertz CT molecular complexity index is 1090. The van der Waals surface area contributed by atoms with Crippen molar-refractivity contribution in [3.05, 3.63) is 95.3 Å². The molecule has 0 spiro atoms. The fourth-order valence-corrected chi connectivity index (χ4v) is 2.96. The highest BCUT2D eigenvalue weighted by Gasteiger charge is 2.16. The minimum atomic E-state index is -0.744. The summed E-state index contributed by atoms with van der Waals surface area (Å²) in [7, 11) is 1.59. The Labute approximate surface area is 185 Å². The second-order valence-corrected chi connectivity index (χ2v) is 6.95. The van der Waals surface area contributed by atoms with Crippen molar-refractivity contribution in [1.29, 1.82) is 0 Å². The fourth-order valence-electron chi connectivity index (χ4n) is 2.96. The number of benzene rings is 3. The molecular weight excluding hydrogens is 413 g/mol. The van der Waals surface area contributed by atoms with Crippen LogP contribution in [0.4, 0.5) is 10.1 Å². The third-order valence-electron chi connectivity index (χ3n) is 4.72. The van der Waals surface area contributed by atoms with E-state index in [1.54, 1.807) is 25.3 Å². The van der Waals surface area contributed by atoms with Crippen LogP contribution in [0.1, 0.15) is 32.7 Å². The normalized spacial score (nSPS) is 10.3. The van der Waals surface area contributed by atoms with E-state index in [1.807, 2.05) is 24.3 Å². The van der Waals surface area contributed by atoms with Crippen molar-refractivity contribution in [3.63, 3.8) is 0 Å². The van der Waals surface area contributed by atoms with E-state index in [1.165, 1.54) is 18.2 Å². The number of para-hydroxylation sites is 1. The van der Waals surface area contributed by atoms with Crippen molar-refractivity contribution in [2.75, 3.05) is 19.0 Å². The summed E-state index contributed by atoms with van der Waals surface area (Å²) in [6.07, 6.45) is 0.743. The second-order valence-electron chi connectivity index (χ2n) is 6.95. The molecule has 0 aliphatic carbocycles. The number of anilines is 1. The van der Waals surface area contributed by atoms with Gasteiger partial charge in [-0.2, -0.15) is 0 Å². The zero-order chi connectivity index (χ0) is 22.9. The largest absolute Gasteiger partial charge is 0.497 e. The lowest BCUT2D eigenvalue weighted by molar-refractivity contribution is -0.116. The minimum Gasteiger partial charge on any atom is -0.497 e. The summed E-state index contributed by atoms with van der Waals surface area (Å²) < 4.78 is 23.2. The number of nitrogens with one attached hydrogen (secondary N) is 1. The lowest BCUT2D eigenvalue weighted by Gasteiger charge is -2.11. The molecule has 6 nitrogen and oxygen atoms in total. The van der Waals surface area contributed by atoms with Crippen LogP contribution in [-0.2, 0) is 16.0 Å². The highest BCUT2D eigenvalue weighted by molar-refractivity contribution is 6.03. The number of aryl methyl sites for hydroxylation is 1. The molecule has 0 aliphatic heterocycles. The molecule has 0 saturated carbocycles. The third-order valence-corrected chi connectivity index (χ3v) is 4.72. The Hall–Kier alpha value is -4.00. The first-order chi connectivity index (χ1) is 15.5. The van der Waals surface area contributed by atoms with Gasteiger partial charge in [-0.3, -0.25) is 9.59 Å². The Morgan fingerprint density at radius 2 is 1.59 bits per heavy atom. The highest BCUT2D eigenvalue weighted by atomic mass is 19.1. The predicted molar refractivity (Wildman–Crippen MR) is 117 cm³/mol. The molecule has 0 radical (unpaired) electrons. The smallest absolute Gasteiger partial charge is 0.340 e. The Kier molecular flexibility index (Phi) is 7.70. The predicted octanol–water partition coefficient (Wildman–Crippen LogP) is 4.45. The number of halogens is 1. The standard InChI is InChI=1S/C25H22FNO5/c1-31-20-13-6-17(7-14-20)8-15-24(29)27-22-5-3-2-4-21(22)25(30)32-16-23(28)18-9-11-19(26)12-10-18/h2-7,9-14H,8,15-16H2,1H3,(H,27,29).